The second kappa shape index (κ2) is 6.95. The molecule has 5 atom stereocenters. The number of hydrogen-bond donors (Lipinski definition) is 3. The van der Waals surface area contributed by atoms with Crippen LogP contribution in [0, 0.1) is 17.8 Å². The fourth-order valence-corrected chi connectivity index (χ4v) is 6.29. The summed E-state index contributed by atoms with van der Waals surface area (Å²) in [5, 5.41) is 15.5. The van der Waals surface area contributed by atoms with Crippen molar-refractivity contribution >= 4 is 11.8 Å². The van der Waals surface area contributed by atoms with Crippen LogP contribution in [0.4, 0.5) is 0 Å². The van der Waals surface area contributed by atoms with E-state index in [-0.39, 0.29) is 18.4 Å². The van der Waals surface area contributed by atoms with E-state index in [1.807, 2.05) is 13.8 Å². The fourth-order valence-electron chi connectivity index (χ4n) is 6.29. The molecule has 0 spiro atoms. The molecule has 6 heteroatoms. The fraction of sp³-hybridized carbons (Fsp3) is 0.739. The second-order valence-electron chi connectivity index (χ2n) is 10.5. The number of amides is 2. The Morgan fingerprint density at radius 1 is 1.17 bits per heavy atom. The Morgan fingerprint density at radius 2 is 1.90 bits per heavy atom. The summed E-state index contributed by atoms with van der Waals surface area (Å²) in [6, 6.07) is 0.798. The minimum atomic E-state index is -0.585. The number of nitrogens with one attached hydrogen (secondary N) is 2. The maximum Gasteiger partial charge on any atom is 0.234 e. The number of carbonyl (C=O) groups is 2. The minimum Gasteiger partial charge on any atom is -0.394 e. The van der Waals surface area contributed by atoms with Gasteiger partial charge < -0.3 is 15.7 Å². The van der Waals surface area contributed by atoms with Crippen LogP contribution in [0.2, 0.25) is 0 Å². The summed E-state index contributed by atoms with van der Waals surface area (Å²) in [5.41, 5.74) is 3.61. The smallest absolute Gasteiger partial charge is 0.234 e. The van der Waals surface area contributed by atoms with Gasteiger partial charge in [-0.3, -0.25) is 14.5 Å². The Bertz CT molecular complexity index is 785. The van der Waals surface area contributed by atoms with Gasteiger partial charge in [0.15, 0.2) is 0 Å². The zero-order valence-electron chi connectivity index (χ0n) is 17.5. The van der Waals surface area contributed by atoms with E-state index in [0.29, 0.717) is 42.8 Å². The van der Waals surface area contributed by atoms with Gasteiger partial charge in [-0.2, -0.15) is 0 Å². The van der Waals surface area contributed by atoms with Crippen LogP contribution in [-0.4, -0.2) is 52.6 Å². The number of aliphatic hydroxyl groups excluding tert-OH is 1. The number of piperidine rings is 1. The first kappa shape index (κ1) is 19.3. The third-order valence-corrected chi connectivity index (χ3v) is 7.84. The highest BCUT2D eigenvalue weighted by atomic mass is 16.3. The molecule has 0 aromatic carbocycles. The van der Waals surface area contributed by atoms with Gasteiger partial charge in [0.05, 0.1) is 18.7 Å². The van der Waals surface area contributed by atoms with Gasteiger partial charge in [0, 0.05) is 30.1 Å². The molecule has 6 nitrogen and oxygen atoms in total. The lowest BCUT2D eigenvalue weighted by molar-refractivity contribution is -0.126. The normalized spacial score (nSPS) is 34.9. The van der Waals surface area contributed by atoms with Crippen molar-refractivity contribution in [3.63, 3.8) is 0 Å². The second-order valence-corrected chi connectivity index (χ2v) is 10.5. The summed E-state index contributed by atoms with van der Waals surface area (Å²) < 4.78 is 0. The Labute approximate surface area is 172 Å². The summed E-state index contributed by atoms with van der Waals surface area (Å²) >= 11 is 0. The van der Waals surface area contributed by atoms with Crippen molar-refractivity contribution in [1.82, 2.24) is 15.5 Å². The summed E-state index contributed by atoms with van der Waals surface area (Å²) in [6.45, 7) is 3.98. The summed E-state index contributed by atoms with van der Waals surface area (Å²) in [4.78, 5) is 27.4. The first-order chi connectivity index (χ1) is 13.8. The first-order valence-electron chi connectivity index (χ1n) is 11.2. The zero-order chi connectivity index (χ0) is 20.3. The van der Waals surface area contributed by atoms with Crippen molar-refractivity contribution in [2.75, 3.05) is 13.2 Å². The quantitative estimate of drug-likeness (QED) is 0.610. The molecule has 2 heterocycles. The Hall–Kier alpha value is -1.66. The van der Waals surface area contributed by atoms with E-state index in [1.54, 1.807) is 5.57 Å². The number of hydrogen-bond acceptors (Lipinski definition) is 4. The first-order valence-corrected chi connectivity index (χ1v) is 11.2. The summed E-state index contributed by atoms with van der Waals surface area (Å²) in [6.07, 6.45) is 9.46. The van der Waals surface area contributed by atoms with Crippen molar-refractivity contribution in [3.05, 3.63) is 22.9 Å². The van der Waals surface area contributed by atoms with E-state index in [0.717, 1.165) is 32.1 Å². The molecular formula is C23H33N3O3. The lowest BCUT2D eigenvalue weighted by Crippen LogP contribution is -2.53. The molecule has 2 amide bonds. The van der Waals surface area contributed by atoms with E-state index in [4.69, 9.17) is 0 Å². The zero-order valence-corrected chi connectivity index (χ0v) is 17.5. The number of aliphatic hydroxyl groups is 1. The van der Waals surface area contributed by atoms with Crippen molar-refractivity contribution in [1.29, 1.82) is 0 Å². The highest BCUT2D eigenvalue weighted by Gasteiger charge is 2.49. The van der Waals surface area contributed by atoms with Gasteiger partial charge in [-0.1, -0.05) is 11.6 Å². The van der Waals surface area contributed by atoms with Gasteiger partial charge in [-0.05, 0) is 69.8 Å². The molecule has 2 aliphatic heterocycles. The van der Waals surface area contributed by atoms with Gasteiger partial charge >= 0.3 is 0 Å². The Kier molecular flexibility index (Phi) is 4.63. The number of nitrogens with zero attached hydrogens (tertiary/aromatic N) is 1. The highest BCUT2D eigenvalue weighted by molar-refractivity contribution is 5.80. The maximum absolute atomic E-state index is 12.7. The van der Waals surface area contributed by atoms with E-state index < -0.39 is 5.54 Å². The monoisotopic (exact) mass is 399 g/mol. The van der Waals surface area contributed by atoms with Crippen LogP contribution in [-0.2, 0) is 9.59 Å². The average Bonchev–Trinajstić information content (AvgIpc) is 2.87. The van der Waals surface area contributed by atoms with Crippen LogP contribution in [0.3, 0.4) is 0 Å². The van der Waals surface area contributed by atoms with Crippen LogP contribution in [0.5, 0.6) is 0 Å². The Balaban J connectivity index is 1.13. The van der Waals surface area contributed by atoms with Crippen molar-refractivity contribution < 1.29 is 14.7 Å². The van der Waals surface area contributed by atoms with Gasteiger partial charge in [0.1, 0.15) is 0 Å². The van der Waals surface area contributed by atoms with Crippen LogP contribution in [0.15, 0.2) is 22.9 Å². The van der Waals surface area contributed by atoms with Crippen molar-refractivity contribution in [2.45, 2.75) is 76.4 Å². The van der Waals surface area contributed by atoms with Gasteiger partial charge in [0.25, 0.3) is 0 Å². The van der Waals surface area contributed by atoms with E-state index in [2.05, 4.69) is 21.6 Å². The predicted octanol–water partition coefficient (Wildman–Crippen LogP) is 1.86. The van der Waals surface area contributed by atoms with Crippen LogP contribution < -0.4 is 10.6 Å². The summed E-state index contributed by atoms with van der Waals surface area (Å²) in [7, 11) is 0. The largest absolute Gasteiger partial charge is 0.394 e. The third-order valence-electron chi connectivity index (χ3n) is 7.84. The summed E-state index contributed by atoms with van der Waals surface area (Å²) in [5.74, 6) is 1.95. The molecule has 158 valence electrons. The standard InChI is InChI=1S/C23H33N3O3/c1-23(2,12-27)25-22(29)11-26-15-3-4-16(26)6-13(5-15)7-21(28)24-20-9-14-8-18-17(14)10-19(18)20/h10,13-16,18,27H,3-9,11-12H2,1-2H3,(H,24,28)(H,25,29)/t13-,14?,15-,16+,18?. The molecule has 0 aromatic rings. The number of carbonyl (C=O) groups excluding carboxylic acids is 2. The highest BCUT2D eigenvalue weighted by Crippen LogP contribution is 2.59. The molecule has 6 bridgehead atoms. The van der Waals surface area contributed by atoms with Gasteiger partial charge in [0.2, 0.25) is 11.8 Å². The molecule has 6 rings (SSSR count). The van der Waals surface area contributed by atoms with Crippen LogP contribution in [0.1, 0.15) is 58.8 Å². The Morgan fingerprint density at radius 3 is 2.45 bits per heavy atom. The molecule has 2 unspecified atom stereocenters. The average molecular weight is 400 g/mol. The molecule has 0 aromatic heterocycles. The molecular weight excluding hydrogens is 366 g/mol. The van der Waals surface area contributed by atoms with Crippen molar-refractivity contribution in [2.24, 2.45) is 17.8 Å². The minimum absolute atomic E-state index is 0.0191. The van der Waals surface area contributed by atoms with E-state index in [1.165, 1.54) is 17.7 Å². The van der Waals surface area contributed by atoms with E-state index >= 15 is 0 Å². The molecule has 4 aliphatic carbocycles. The molecule has 29 heavy (non-hydrogen) atoms. The topological polar surface area (TPSA) is 81.7 Å². The van der Waals surface area contributed by atoms with E-state index in [9.17, 15) is 14.7 Å². The molecule has 1 saturated carbocycles. The van der Waals surface area contributed by atoms with Crippen LogP contribution >= 0.6 is 0 Å². The van der Waals surface area contributed by atoms with Gasteiger partial charge in [-0.25, -0.2) is 0 Å². The third kappa shape index (κ3) is 3.44. The van der Waals surface area contributed by atoms with Crippen molar-refractivity contribution in [3.8, 4) is 0 Å². The molecule has 3 fully saturated rings. The maximum atomic E-state index is 12.7. The number of allylic oxidation sites excluding steroid dienone is 4. The van der Waals surface area contributed by atoms with Gasteiger partial charge in [-0.15, -0.1) is 0 Å². The SMILES string of the molecule is CC(C)(CO)NC(=O)CN1[C@@H]2CC[C@H]1C[C@H](CC(=O)NC1=C3C=C4C(C1)CC43)C2. The van der Waals surface area contributed by atoms with Crippen LogP contribution in [0.25, 0.3) is 0 Å². The predicted molar refractivity (Wildman–Crippen MR) is 110 cm³/mol. The lowest BCUT2D eigenvalue weighted by atomic mass is 9.53. The number of fused-ring (bicyclic) bond motifs is 3. The lowest BCUT2D eigenvalue weighted by Gasteiger charge is -2.53. The molecule has 3 N–H and O–H groups in total. The molecule has 2 saturated heterocycles. The molecule has 6 aliphatic rings. The molecule has 0 radical (unpaired) electrons. The number of rotatable bonds is 7.